The van der Waals surface area contributed by atoms with Crippen molar-refractivity contribution in [2.45, 2.75) is 85.0 Å². The standard InChI is InChI=1S/C23H38O4/c1-4-5-6-7-8-9-10-11-12-13-14-15-16-17-18-19-22(24)27-23(25)26-20-21(2)3/h8-9,11-12,14-15,21H,4-7,10,13,16-20H2,1-3H3/b9-8-,12-11-,15-14-. The number of carbonyl (C=O) groups excluding carboxylic acids is 2. The molecule has 0 fully saturated rings. The number of unbranched alkanes of at least 4 members (excludes halogenated alkanes) is 5. The van der Waals surface area contributed by atoms with E-state index in [1.54, 1.807) is 0 Å². The van der Waals surface area contributed by atoms with Gasteiger partial charge < -0.3 is 9.47 Å². The van der Waals surface area contributed by atoms with Crippen LogP contribution in [0.4, 0.5) is 4.79 Å². The fraction of sp³-hybridized carbons (Fsp3) is 0.652. The quantitative estimate of drug-likeness (QED) is 0.134. The number of carbonyl (C=O) groups is 2. The van der Waals surface area contributed by atoms with Crippen molar-refractivity contribution in [3.8, 4) is 0 Å². The number of rotatable bonds is 15. The van der Waals surface area contributed by atoms with Gasteiger partial charge in [0.05, 0.1) is 6.61 Å². The Morgan fingerprint density at radius 3 is 1.93 bits per heavy atom. The summed E-state index contributed by atoms with van der Waals surface area (Å²) >= 11 is 0. The maximum absolute atomic E-state index is 11.5. The van der Waals surface area contributed by atoms with E-state index in [2.05, 4.69) is 48.1 Å². The number of hydrogen-bond acceptors (Lipinski definition) is 4. The van der Waals surface area contributed by atoms with Crippen molar-refractivity contribution in [1.29, 1.82) is 0 Å². The molecule has 0 N–H and O–H groups in total. The maximum Gasteiger partial charge on any atom is 0.516 e. The lowest BCUT2D eigenvalue weighted by Crippen LogP contribution is -2.16. The molecule has 154 valence electrons. The van der Waals surface area contributed by atoms with E-state index in [4.69, 9.17) is 4.74 Å². The summed E-state index contributed by atoms with van der Waals surface area (Å²) in [7, 11) is 0. The van der Waals surface area contributed by atoms with Gasteiger partial charge in [0.25, 0.3) is 0 Å². The van der Waals surface area contributed by atoms with E-state index >= 15 is 0 Å². The highest BCUT2D eigenvalue weighted by Crippen LogP contribution is 2.05. The molecule has 0 saturated heterocycles. The predicted molar refractivity (Wildman–Crippen MR) is 112 cm³/mol. The summed E-state index contributed by atoms with van der Waals surface area (Å²) in [5, 5.41) is 0. The Hall–Kier alpha value is -1.84. The zero-order chi connectivity index (χ0) is 20.2. The van der Waals surface area contributed by atoms with Crippen LogP contribution in [0, 0.1) is 5.92 Å². The van der Waals surface area contributed by atoms with Gasteiger partial charge in [-0.3, -0.25) is 4.79 Å². The summed E-state index contributed by atoms with van der Waals surface area (Å²) in [6.07, 6.45) is 22.0. The molecule has 0 aromatic rings. The molecular formula is C23H38O4. The molecule has 0 aliphatic carbocycles. The molecule has 0 aromatic carbocycles. The normalized spacial score (nSPS) is 11.9. The highest BCUT2D eigenvalue weighted by atomic mass is 16.7. The van der Waals surface area contributed by atoms with Gasteiger partial charge >= 0.3 is 12.1 Å². The summed E-state index contributed by atoms with van der Waals surface area (Å²) in [4.78, 5) is 22.7. The summed E-state index contributed by atoms with van der Waals surface area (Å²) in [5.41, 5.74) is 0. The molecule has 0 heterocycles. The SMILES string of the molecule is CCCCC/C=C\C/C=C\C/C=C\CCCCC(=O)OC(=O)OCC(C)C. The molecule has 4 nitrogen and oxygen atoms in total. The van der Waals surface area contributed by atoms with Crippen molar-refractivity contribution in [2.75, 3.05) is 6.61 Å². The second-order valence-corrected chi connectivity index (χ2v) is 7.06. The highest BCUT2D eigenvalue weighted by molar-refractivity contribution is 5.81. The monoisotopic (exact) mass is 378 g/mol. The van der Waals surface area contributed by atoms with Crippen LogP contribution in [-0.4, -0.2) is 18.7 Å². The third-order valence-corrected chi connectivity index (χ3v) is 3.75. The maximum atomic E-state index is 11.5. The van der Waals surface area contributed by atoms with Gasteiger partial charge in [0.1, 0.15) is 0 Å². The highest BCUT2D eigenvalue weighted by Gasteiger charge is 2.11. The lowest BCUT2D eigenvalue weighted by atomic mass is 10.2. The number of allylic oxidation sites excluding steroid dienone is 6. The summed E-state index contributed by atoms with van der Waals surface area (Å²) in [6.45, 7) is 6.33. The minimum absolute atomic E-state index is 0.223. The van der Waals surface area contributed by atoms with Crippen molar-refractivity contribution in [1.82, 2.24) is 0 Å². The van der Waals surface area contributed by atoms with E-state index in [9.17, 15) is 9.59 Å². The van der Waals surface area contributed by atoms with Crippen molar-refractivity contribution < 1.29 is 19.1 Å². The van der Waals surface area contributed by atoms with Crippen molar-refractivity contribution in [2.24, 2.45) is 5.92 Å². The minimum Gasteiger partial charge on any atom is -0.434 e. The predicted octanol–water partition coefficient (Wildman–Crippen LogP) is 6.91. The minimum atomic E-state index is -0.892. The van der Waals surface area contributed by atoms with Crippen LogP contribution in [0.5, 0.6) is 0 Å². The molecular weight excluding hydrogens is 340 g/mol. The average molecular weight is 379 g/mol. The Morgan fingerprint density at radius 1 is 0.815 bits per heavy atom. The topological polar surface area (TPSA) is 52.6 Å². The lowest BCUT2D eigenvalue weighted by Gasteiger charge is -2.06. The van der Waals surface area contributed by atoms with E-state index in [-0.39, 0.29) is 18.9 Å². The van der Waals surface area contributed by atoms with Crippen LogP contribution in [0.15, 0.2) is 36.5 Å². The molecule has 0 atom stereocenters. The summed E-state index contributed by atoms with van der Waals surface area (Å²) in [5.74, 6) is -0.292. The Bertz CT molecular complexity index is 461. The first-order chi connectivity index (χ1) is 13.1. The third-order valence-electron chi connectivity index (χ3n) is 3.75. The van der Waals surface area contributed by atoms with Gasteiger partial charge in [0, 0.05) is 6.42 Å². The van der Waals surface area contributed by atoms with E-state index in [1.807, 2.05) is 13.8 Å². The van der Waals surface area contributed by atoms with Crippen LogP contribution in [0.3, 0.4) is 0 Å². The zero-order valence-corrected chi connectivity index (χ0v) is 17.5. The molecule has 0 aliphatic rings. The Balaban J connectivity index is 3.52. The Labute approximate surface area is 165 Å². The van der Waals surface area contributed by atoms with Crippen molar-refractivity contribution in [3.63, 3.8) is 0 Å². The van der Waals surface area contributed by atoms with Crippen LogP contribution in [0.25, 0.3) is 0 Å². The number of esters is 1. The molecule has 0 bridgehead atoms. The van der Waals surface area contributed by atoms with E-state index < -0.39 is 12.1 Å². The van der Waals surface area contributed by atoms with Crippen LogP contribution in [-0.2, 0) is 14.3 Å². The second-order valence-electron chi connectivity index (χ2n) is 7.06. The second kappa shape index (κ2) is 18.9. The van der Waals surface area contributed by atoms with Crippen molar-refractivity contribution in [3.05, 3.63) is 36.5 Å². The first kappa shape index (κ1) is 25.2. The molecule has 27 heavy (non-hydrogen) atoms. The number of ether oxygens (including phenoxy) is 2. The first-order valence-electron chi connectivity index (χ1n) is 10.4. The zero-order valence-electron chi connectivity index (χ0n) is 17.5. The van der Waals surface area contributed by atoms with Gasteiger partial charge in [-0.2, -0.15) is 0 Å². The van der Waals surface area contributed by atoms with Gasteiger partial charge in [0.15, 0.2) is 0 Å². The molecule has 0 amide bonds. The van der Waals surface area contributed by atoms with Crippen LogP contribution in [0.2, 0.25) is 0 Å². The molecule has 4 heteroatoms. The Morgan fingerprint density at radius 2 is 1.37 bits per heavy atom. The molecule has 0 aliphatic heterocycles. The largest absolute Gasteiger partial charge is 0.516 e. The van der Waals surface area contributed by atoms with Crippen molar-refractivity contribution >= 4 is 12.1 Å². The summed E-state index contributed by atoms with van der Waals surface area (Å²) in [6, 6.07) is 0. The lowest BCUT2D eigenvalue weighted by molar-refractivity contribution is -0.140. The molecule has 0 spiro atoms. The van der Waals surface area contributed by atoms with Gasteiger partial charge in [-0.15, -0.1) is 0 Å². The van der Waals surface area contributed by atoms with E-state index in [0.29, 0.717) is 6.42 Å². The van der Waals surface area contributed by atoms with Gasteiger partial charge in [-0.25, -0.2) is 4.79 Å². The number of hydrogen-bond donors (Lipinski definition) is 0. The molecule has 0 rings (SSSR count). The summed E-state index contributed by atoms with van der Waals surface area (Å²) < 4.78 is 9.39. The molecule has 0 saturated carbocycles. The molecule has 0 aromatic heterocycles. The average Bonchev–Trinajstić information content (AvgIpc) is 2.63. The van der Waals surface area contributed by atoms with Crippen LogP contribution >= 0.6 is 0 Å². The van der Waals surface area contributed by atoms with Gasteiger partial charge in [0.2, 0.25) is 0 Å². The van der Waals surface area contributed by atoms with E-state index in [0.717, 1.165) is 25.7 Å². The fourth-order valence-electron chi connectivity index (χ4n) is 2.23. The van der Waals surface area contributed by atoms with Crippen LogP contribution < -0.4 is 0 Å². The fourth-order valence-corrected chi connectivity index (χ4v) is 2.23. The smallest absolute Gasteiger partial charge is 0.434 e. The van der Waals surface area contributed by atoms with E-state index in [1.165, 1.54) is 25.7 Å². The van der Waals surface area contributed by atoms with Gasteiger partial charge in [-0.1, -0.05) is 70.1 Å². The van der Waals surface area contributed by atoms with Gasteiger partial charge in [-0.05, 0) is 50.9 Å². The third kappa shape index (κ3) is 20.3. The molecule has 0 radical (unpaired) electrons. The molecule has 0 unspecified atom stereocenters. The Kier molecular flexibility index (Phi) is 17.6. The van der Waals surface area contributed by atoms with Crippen LogP contribution in [0.1, 0.15) is 85.0 Å². The first-order valence-corrected chi connectivity index (χ1v) is 10.4.